The van der Waals surface area contributed by atoms with Gasteiger partial charge in [-0.25, -0.2) is 0 Å². The fraction of sp³-hybridized carbons (Fsp3) is 0.684. The van der Waals surface area contributed by atoms with Gasteiger partial charge in [-0.2, -0.15) is 0 Å². The minimum absolute atomic E-state index is 0.132. The van der Waals surface area contributed by atoms with Crippen LogP contribution in [-0.4, -0.2) is 40.3 Å². The summed E-state index contributed by atoms with van der Waals surface area (Å²) in [6.07, 6.45) is 3.15. The average molecular weight is 305 g/mol. The third kappa shape index (κ3) is 4.23. The SMILES string of the molecule is Cc1ccc(OC[C@@H](O)CN2C(C)(C)CCCC2(C)C)cc1. The maximum absolute atomic E-state index is 10.4. The van der Waals surface area contributed by atoms with Crippen LogP contribution in [0.15, 0.2) is 24.3 Å². The molecule has 22 heavy (non-hydrogen) atoms. The zero-order valence-electron chi connectivity index (χ0n) is 14.7. The van der Waals surface area contributed by atoms with Gasteiger partial charge in [0.15, 0.2) is 0 Å². The van der Waals surface area contributed by atoms with E-state index < -0.39 is 6.10 Å². The van der Waals surface area contributed by atoms with E-state index in [9.17, 15) is 5.11 Å². The normalized spacial score (nSPS) is 22.3. The number of likely N-dealkylation sites (tertiary alicyclic amines) is 1. The van der Waals surface area contributed by atoms with Crippen molar-refractivity contribution in [2.24, 2.45) is 0 Å². The Morgan fingerprint density at radius 2 is 1.64 bits per heavy atom. The molecule has 2 rings (SSSR count). The second-order valence-corrected chi connectivity index (χ2v) is 7.87. The Hall–Kier alpha value is -1.06. The number of ether oxygens (including phenoxy) is 1. The summed E-state index contributed by atoms with van der Waals surface area (Å²) in [7, 11) is 0. The summed E-state index contributed by atoms with van der Waals surface area (Å²) in [6, 6.07) is 7.96. The van der Waals surface area contributed by atoms with Crippen LogP contribution in [-0.2, 0) is 0 Å². The van der Waals surface area contributed by atoms with E-state index >= 15 is 0 Å². The van der Waals surface area contributed by atoms with E-state index in [1.165, 1.54) is 24.8 Å². The van der Waals surface area contributed by atoms with Gasteiger partial charge in [-0.05, 0) is 66.0 Å². The van der Waals surface area contributed by atoms with E-state index in [-0.39, 0.29) is 11.1 Å². The third-order valence-corrected chi connectivity index (χ3v) is 4.90. The Balaban J connectivity index is 1.92. The van der Waals surface area contributed by atoms with Crippen LogP contribution in [0.3, 0.4) is 0 Å². The number of benzene rings is 1. The largest absolute Gasteiger partial charge is 0.491 e. The first-order valence-electron chi connectivity index (χ1n) is 8.36. The van der Waals surface area contributed by atoms with Crippen LogP contribution in [0, 0.1) is 6.92 Å². The molecular formula is C19H31NO2. The van der Waals surface area contributed by atoms with Crippen molar-refractivity contribution in [2.45, 2.75) is 71.1 Å². The molecule has 0 saturated carbocycles. The van der Waals surface area contributed by atoms with Gasteiger partial charge < -0.3 is 9.84 Å². The molecule has 3 heteroatoms. The van der Waals surface area contributed by atoms with Crippen molar-refractivity contribution in [2.75, 3.05) is 13.2 Å². The first kappa shape index (κ1) is 17.3. The lowest BCUT2D eigenvalue weighted by Crippen LogP contribution is -2.60. The van der Waals surface area contributed by atoms with E-state index in [0.29, 0.717) is 13.2 Å². The molecule has 0 aliphatic carbocycles. The molecule has 1 aliphatic heterocycles. The van der Waals surface area contributed by atoms with E-state index in [4.69, 9.17) is 4.74 Å². The molecule has 0 amide bonds. The van der Waals surface area contributed by atoms with Crippen LogP contribution < -0.4 is 4.74 Å². The van der Waals surface area contributed by atoms with Gasteiger partial charge in [0.2, 0.25) is 0 Å². The lowest BCUT2D eigenvalue weighted by atomic mass is 9.79. The minimum atomic E-state index is -0.474. The fourth-order valence-electron chi connectivity index (χ4n) is 3.63. The Bertz CT molecular complexity index is 463. The van der Waals surface area contributed by atoms with E-state index in [1.54, 1.807) is 0 Å². The van der Waals surface area contributed by atoms with Crippen molar-refractivity contribution in [3.8, 4) is 5.75 Å². The highest BCUT2D eigenvalue weighted by Gasteiger charge is 2.41. The topological polar surface area (TPSA) is 32.7 Å². The number of piperidine rings is 1. The Kier molecular flexibility index (Phi) is 5.18. The van der Waals surface area contributed by atoms with Crippen molar-refractivity contribution >= 4 is 0 Å². The van der Waals surface area contributed by atoms with Crippen molar-refractivity contribution in [1.29, 1.82) is 0 Å². The highest BCUT2D eigenvalue weighted by atomic mass is 16.5. The van der Waals surface area contributed by atoms with Crippen molar-refractivity contribution in [3.63, 3.8) is 0 Å². The van der Waals surface area contributed by atoms with Gasteiger partial charge in [0, 0.05) is 17.6 Å². The summed E-state index contributed by atoms with van der Waals surface area (Å²) in [5, 5.41) is 10.4. The molecule has 0 radical (unpaired) electrons. The summed E-state index contributed by atoms with van der Waals surface area (Å²) in [5.74, 6) is 0.821. The van der Waals surface area contributed by atoms with Crippen LogP contribution in [0.5, 0.6) is 5.75 Å². The molecule has 1 aromatic carbocycles. The summed E-state index contributed by atoms with van der Waals surface area (Å²) in [5.41, 5.74) is 1.48. The number of aryl methyl sites for hydroxylation is 1. The zero-order valence-corrected chi connectivity index (χ0v) is 14.7. The maximum atomic E-state index is 10.4. The molecule has 1 aromatic rings. The predicted octanol–water partition coefficient (Wildman–Crippen LogP) is 3.78. The lowest BCUT2D eigenvalue weighted by molar-refractivity contribution is -0.0606. The van der Waals surface area contributed by atoms with Crippen LogP contribution >= 0.6 is 0 Å². The highest BCUT2D eigenvalue weighted by molar-refractivity contribution is 5.26. The molecule has 0 bridgehead atoms. The molecule has 1 heterocycles. The number of hydrogen-bond acceptors (Lipinski definition) is 3. The number of aliphatic hydroxyl groups is 1. The van der Waals surface area contributed by atoms with E-state index in [0.717, 1.165) is 5.75 Å². The predicted molar refractivity (Wildman–Crippen MR) is 91.4 cm³/mol. The van der Waals surface area contributed by atoms with Gasteiger partial charge in [-0.1, -0.05) is 17.7 Å². The van der Waals surface area contributed by atoms with Gasteiger partial charge in [0.1, 0.15) is 18.5 Å². The second kappa shape index (κ2) is 6.59. The van der Waals surface area contributed by atoms with E-state index in [2.05, 4.69) is 39.5 Å². The first-order chi connectivity index (χ1) is 10.2. The molecule has 1 atom stereocenters. The molecule has 0 spiro atoms. The Morgan fingerprint density at radius 3 is 2.18 bits per heavy atom. The molecule has 3 nitrogen and oxygen atoms in total. The van der Waals surface area contributed by atoms with Gasteiger partial charge in [0.05, 0.1) is 0 Å². The maximum Gasteiger partial charge on any atom is 0.119 e. The van der Waals surface area contributed by atoms with Crippen molar-refractivity contribution in [1.82, 2.24) is 4.90 Å². The van der Waals surface area contributed by atoms with Gasteiger partial charge >= 0.3 is 0 Å². The second-order valence-electron chi connectivity index (χ2n) is 7.87. The molecule has 1 aliphatic rings. The van der Waals surface area contributed by atoms with Crippen molar-refractivity contribution < 1.29 is 9.84 Å². The molecule has 0 unspecified atom stereocenters. The average Bonchev–Trinajstić information content (AvgIpc) is 2.42. The Labute approximate surface area is 135 Å². The molecular weight excluding hydrogens is 274 g/mol. The van der Waals surface area contributed by atoms with Crippen LogP contribution in [0.2, 0.25) is 0 Å². The van der Waals surface area contributed by atoms with E-state index in [1.807, 2.05) is 24.3 Å². The monoisotopic (exact) mass is 305 g/mol. The van der Waals surface area contributed by atoms with Gasteiger partial charge in [0.25, 0.3) is 0 Å². The molecule has 1 saturated heterocycles. The Morgan fingerprint density at radius 1 is 1.09 bits per heavy atom. The number of aliphatic hydroxyl groups excluding tert-OH is 1. The zero-order chi connectivity index (χ0) is 16.4. The molecule has 1 fully saturated rings. The molecule has 124 valence electrons. The minimum Gasteiger partial charge on any atom is -0.491 e. The summed E-state index contributed by atoms with van der Waals surface area (Å²) < 4.78 is 5.72. The summed E-state index contributed by atoms with van der Waals surface area (Å²) in [6.45, 7) is 12.2. The van der Waals surface area contributed by atoms with Crippen molar-refractivity contribution in [3.05, 3.63) is 29.8 Å². The van der Waals surface area contributed by atoms with Crippen LogP contribution in [0.4, 0.5) is 0 Å². The van der Waals surface area contributed by atoms with Gasteiger partial charge in [-0.15, -0.1) is 0 Å². The lowest BCUT2D eigenvalue weighted by Gasteiger charge is -2.53. The number of β-amino-alcohol motifs (C(OH)–C–C–N with tert-alkyl or cyclic N) is 1. The van der Waals surface area contributed by atoms with Gasteiger partial charge in [-0.3, -0.25) is 4.90 Å². The first-order valence-corrected chi connectivity index (χ1v) is 8.36. The number of nitrogens with zero attached hydrogens (tertiary/aromatic N) is 1. The number of rotatable bonds is 5. The summed E-state index contributed by atoms with van der Waals surface area (Å²) >= 11 is 0. The standard InChI is InChI=1S/C19H31NO2/c1-15-7-9-17(10-8-15)22-14-16(21)13-20-18(2,3)11-6-12-19(20,4)5/h7-10,16,21H,6,11-14H2,1-5H3/t16-/m0/s1. The molecule has 1 N–H and O–H groups in total. The van der Waals surface area contributed by atoms with Crippen LogP contribution in [0.1, 0.15) is 52.5 Å². The molecule has 0 aromatic heterocycles. The smallest absolute Gasteiger partial charge is 0.119 e. The quantitative estimate of drug-likeness (QED) is 0.898. The fourth-order valence-corrected chi connectivity index (χ4v) is 3.63. The summed E-state index contributed by atoms with van der Waals surface area (Å²) in [4.78, 5) is 2.45. The van der Waals surface area contributed by atoms with Crippen LogP contribution in [0.25, 0.3) is 0 Å². The highest BCUT2D eigenvalue weighted by Crippen LogP contribution is 2.38. The number of hydrogen-bond donors (Lipinski definition) is 1. The third-order valence-electron chi connectivity index (χ3n) is 4.90.